The van der Waals surface area contributed by atoms with E-state index < -0.39 is 0 Å². The van der Waals surface area contributed by atoms with Crippen LogP contribution >= 0.6 is 12.4 Å². The predicted octanol–water partition coefficient (Wildman–Crippen LogP) is 2.20. The largest absolute Gasteiger partial charge is 0.490 e. The van der Waals surface area contributed by atoms with E-state index in [1.54, 1.807) is 0 Å². The van der Waals surface area contributed by atoms with Crippen molar-refractivity contribution in [3.05, 3.63) is 24.3 Å². The molecule has 0 atom stereocenters. The molecule has 5 heteroatoms. The third-order valence-corrected chi connectivity index (χ3v) is 2.76. The van der Waals surface area contributed by atoms with Gasteiger partial charge in [-0.15, -0.1) is 12.4 Å². The van der Waals surface area contributed by atoms with Crippen LogP contribution in [0.3, 0.4) is 0 Å². The van der Waals surface area contributed by atoms with Crippen molar-refractivity contribution in [1.29, 1.82) is 0 Å². The monoisotopic (exact) mass is 270 g/mol. The normalized spacial score (nSPS) is 15.6. The highest BCUT2D eigenvalue weighted by Gasteiger charge is 2.14. The first kappa shape index (κ1) is 14.8. The second kappa shape index (κ2) is 7.24. The molecule has 4 nitrogen and oxygen atoms in total. The van der Waals surface area contributed by atoms with Crippen molar-refractivity contribution in [2.75, 3.05) is 18.4 Å². The Balaban J connectivity index is 0.00000162. The molecule has 0 bridgehead atoms. The molecule has 1 aliphatic heterocycles. The van der Waals surface area contributed by atoms with Crippen LogP contribution in [0.5, 0.6) is 5.75 Å². The van der Waals surface area contributed by atoms with Crippen LogP contribution in [0.25, 0.3) is 0 Å². The number of amides is 1. The second-order valence-corrected chi connectivity index (χ2v) is 4.27. The molecular formula is C13H19ClN2O2. The number of anilines is 1. The third-order valence-electron chi connectivity index (χ3n) is 2.76. The smallest absolute Gasteiger partial charge is 0.221 e. The minimum atomic E-state index is -0.0583. The highest BCUT2D eigenvalue weighted by atomic mass is 35.5. The van der Waals surface area contributed by atoms with E-state index in [9.17, 15) is 4.79 Å². The van der Waals surface area contributed by atoms with E-state index >= 15 is 0 Å². The van der Waals surface area contributed by atoms with Crippen LogP contribution in [0.1, 0.15) is 19.8 Å². The summed E-state index contributed by atoms with van der Waals surface area (Å²) in [4.78, 5) is 10.9. The van der Waals surface area contributed by atoms with Gasteiger partial charge in [-0.05, 0) is 50.2 Å². The Labute approximate surface area is 114 Å². The molecule has 100 valence electrons. The van der Waals surface area contributed by atoms with E-state index in [4.69, 9.17) is 4.74 Å². The summed E-state index contributed by atoms with van der Waals surface area (Å²) in [5.41, 5.74) is 0.801. The molecule has 18 heavy (non-hydrogen) atoms. The van der Waals surface area contributed by atoms with Crippen LogP contribution in [-0.4, -0.2) is 25.1 Å². The maximum atomic E-state index is 10.9. The van der Waals surface area contributed by atoms with Gasteiger partial charge in [-0.1, -0.05) is 0 Å². The Morgan fingerprint density at radius 1 is 1.28 bits per heavy atom. The van der Waals surface area contributed by atoms with Gasteiger partial charge in [0.2, 0.25) is 5.91 Å². The second-order valence-electron chi connectivity index (χ2n) is 4.27. The summed E-state index contributed by atoms with van der Waals surface area (Å²) < 4.78 is 5.86. The minimum Gasteiger partial charge on any atom is -0.490 e. The van der Waals surface area contributed by atoms with Crippen molar-refractivity contribution in [2.24, 2.45) is 0 Å². The molecule has 1 amide bonds. The van der Waals surface area contributed by atoms with Crippen LogP contribution < -0.4 is 15.4 Å². The van der Waals surface area contributed by atoms with Gasteiger partial charge in [0, 0.05) is 12.6 Å². The van der Waals surface area contributed by atoms with Gasteiger partial charge >= 0.3 is 0 Å². The quantitative estimate of drug-likeness (QED) is 0.885. The van der Waals surface area contributed by atoms with Crippen molar-refractivity contribution in [3.8, 4) is 5.75 Å². The van der Waals surface area contributed by atoms with Crippen LogP contribution in [0.15, 0.2) is 24.3 Å². The van der Waals surface area contributed by atoms with E-state index in [0.29, 0.717) is 6.10 Å². The molecule has 1 aromatic rings. The van der Waals surface area contributed by atoms with E-state index in [0.717, 1.165) is 37.4 Å². The number of ether oxygens (including phenoxy) is 1. The lowest BCUT2D eigenvalue weighted by molar-refractivity contribution is -0.114. The molecule has 0 saturated carbocycles. The molecule has 2 N–H and O–H groups in total. The number of hydrogen-bond acceptors (Lipinski definition) is 3. The molecule has 0 unspecified atom stereocenters. The Morgan fingerprint density at radius 3 is 2.44 bits per heavy atom. The highest BCUT2D eigenvalue weighted by molar-refractivity contribution is 5.88. The molecule has 1 aromatic carbocycles. The first-order valence-electron chi connectivity index (χ1n) is 5.99. The zero-order valence-corrected chi connectivity index (χ0v) is 11.3. The molecule has 0 aliphatic carbocycles. The summed E-state index contributed by atoms with van der Waals surface area (Å²) in [6.07, 6.45) is 2.41. The summed E-state index contributed by atoms with van der Waals surface area (Å²) >= 11 is 0. The molecule has 0 aromatic heterocycles. The summed E-state index contributed by atoms with van der Waals surface area (Å²) in [6, 6.07) is 7.51. The zero-order valence-electron chi connectivity index (χ0n) is 10.4. The van der Waals surface area contributed by atoms with Crippen LogP contribution in [-0.2, 0) is 4.79 Å². The minimum absolute atomic E-state index is 0. The van der Waals surface area contributed by atoms with Crippen molar-refractivity contribution in [1.82, 2.24) is 5.32 Å². The Morgan fingerprint density at radius 2 is 1.89 bits per heavy atom. The number of benzene rings is 1. The maximum Gasteiger partial charge on any atom is 0.221 e. The van der Waals surface area contributed by atoms with Gasteiger partial charge in [0.25, 0.3) is 0 Å². The predicted molar refractivity (Wildman–Crippen MR) is 74.5 cm³/mol. The summed E-state index contributed by atoms with van der Waals surface area (Å²) in [5, 5.41) is 6.03. The molecule has 0 spiro atoms. The van der Waals surface area contributed by atoms with Gasteiger partial charge in [-0.3, -0.25) is 4.79 Å². The molecule has 0 radical (unpaired) electrons. The molecule has 1 aliphatic rings. The number of nitrogens with one attached hydrogen (secondary N) is 2. The summed E-state index contributed by atoms with van der Waals surface area (Å²) in [6.45, 7) is 3.54. The van der Waals surface area contributed by atoms with E-state index in [1.165, 1.54) is 6.92 Å². The molecule has 1 fully saturated rings. The fraction of sp³-hybridized carbons (Fsp3) is 0.462. The average molecular weight is 271 g/mol. The fourth-order valence-corrected chi connectivity index (χ4v) is 1.93. The first-order valence-corrected chi connectivity index (χ1v) is 5.99. The first-order chi connectivity index (χ1) is 8.24. The number of rotatable bonds is 3. The van der Waals surface area contributed by atoms with Gasteiger partial charge in [0.1, 0.15) is 11.9 Å². The van der Waals surface area contributed by atoms with Crippen LogP contribution in [0, 0.1) is 0 Å². The molecule has 2 rings (SSSR count). The Bertz CT molecular complexity index is 375. The standard InChI is InChI=1S/C13H18N2O2.ClH/c1-10(16)15-11-2-4-12(5-3-11)17-13-6-8-14-9-7-13;/h2-5,13-14H,6-9H2,1H3,(H,15,16);1H. The van der Waals surface area contributed by atoms with Gasteiger partial charge in [-0.25, -0.2) is 0 Å². The number of carbonyl (C=O) groups excluding carboxylic acids is 1. The number of halogens is 1. The summed E-state index contributed by atoms with van der Waals surface area (Å²) in [7, 11) is 0. The van der Waals surface area contributed by atoms with E-state index in [1.807, 2.05) is 24.3 Å². The Hall–Kier alpha value is -1.26. The molecule has 1 saturated heterocycles. The van der Waals surface area contributed by atoms with E-state index in [-0.39, 0.29) is 18.3 Å². The van der Waals surface area contributed by atoms with Crippen molar-refractivity contribution in [2.45, 2.75) is 25.9 Å². The van der Waals surface area contributed by atoms with E-state index in [2.05, 4.69) is 10.6 Å². The topological polar surface area (TPSA) is 50.4 Å². The highest BCUT2D eigenvalue weighted by Crippen LogP contribution is 2.19. The lowest BCUT2D eigenvalue weighted by Crippen LogP contribution is -2.34. The zero-order chi connectivity index (χ0) is 12.1. The average Bonchev–Trinajstić information content (AvgIpc) is 2.32. The van der Waals surface area contributed by atoms with Crippen molar-refractivity contribution < 1.29 is 9.53 Å². The van der Waals surface area contributed by atoms with Crippen molar-refractivity contribution in [3.63, 3.8) is 0 Å². The van der Waals surface area contributed by atoms with Gasteiger partial charge < -0.3 is 15.4 Å². The Kier molecular flexibility index (Phi) is 5.95. The van der Waals surface area contributed by atoms with Crippen molar-refractivity contribution >= 4 is 24.0 Å². The fourth-order valence-electron chi connectivity index (χ4n) is 1.93. The van der Waals surface area contributed by atoms with Gasteiger partial charge in [0.05, 0.1) is 0 Å². The summed E-state index contributed by atoms with van der Waals surface area (Å²) in [5.74, 6) is 0.808. The number of piperidine rings is 1. The van der Waals surface area contributed by atoms with Crippen LogP contribution in [0.2, 0.25) is 0 Å². The molecular weight excluding hydrogens is 252 g/mol. The maximum absolute atomic E-state index is 10.9. The third kappa shape index (κ3) is 4.55. The van der Waals surface area contributed by atoms with Gasteiger partial charge in [-0.2, -0.15) is 0 Å². The lowest BCUT2D eigenvalue weighted by Gasteiger charge is -2.23. The lowest BCUT2D eigenvalue weighted by atomic mass is 10.1. The molecule has 1 heterocycles. The van der Waals surface area contributed by atoms with Gasteiger partial charge in [0.15, 0.2) is 0 Å². The SMILES string of the molecule is CC(=O)Nc1ccc(OC2CCNCC2)cc1.Cl. The van der Waals surface area contributed by atoms with Crippen LogP contribution in [0.4, 0.5) is 5.69 Å². The number of carbonyl (C=O) groups is 1. The number of hydrogen-bond donors (Lipinski definition) is 2.